The van der Waals surface area contributed by atoms with E-state index in [9.17, 15) is 0 Å². The second kappa shape index (κ2) is 5.98. The molecule has 0 bridgehead atoms. The Morgan fingerprint density at radius 2 is 1.78 bits per heavy atom. The Morgan fingerprint density at radius 3 is 2.56 bits per heavy atom. The summed E-state index contributed by atoms with van der Waals surface area (Å²) in [6.07, 6.45) is 7.36. The van der Waals surface area contributed by atoms with E-state index in [0.717, 1.165) is 30.1 Å². The molecule has 146 valence electrons. The third kappa shape index (κ3) is 2.94. The van der Waals surface area contributed by atoms with Crippen molar-refractivity contribution in [2.45, 2.75) is 89.1 Å². The fraction of sp³-hybridized carbons (Fsp3) is 0.727. The predicted octanol–water partition coefficient (Wildman–Crippen LogP) is 3.31. The van der Waals surface area contributed by atoms with Gasteiger partial charge in [0, 0.05) is 25.4 Å². The van der Waals surface area contributed by atoms with Gasteiger partial charge >= 0.3 is 7.12 Å². The molecule has 0 saturated carbocycles. The highest BCUT2D eigenvalue weighted by atomic mass is 16.7. The number of nitrogens with zero attached hydrogens (tertiary/aromatic N) is 1. The number of ether oxygens (including phenoxy) is 1. The van der Waals surface area contributed by atoms with Crippen molar-refractivity contribution < 1.29 is 14.0 Å². The summed E-state index contributed by atoms with van der Waals surface area (Å²) in [5.41, 5.74) is 1.83. The fourth-order valence-electron chi connectivity index (χ4n) is 5.28. The topological polar surface area (TPSA) is 30.9 Å². The van der Waals surface area contributed by atoms with Crippen LogP contribution in [0.25, 0.3) is 0 Å². The normalized spacial score (nSPS) is 34.4. The van der Waals surface area contributed by atoms with Crippen molar-refractivity contribution in [3.05, 3.63) is 23.8 Å². The maximum absolute atomic E-state index is 6.57. The molecular weight excluding hydrogens is 337 g/mol. The standard InChI is InChI=1S/C22H32BNO3/c1-20(2)21(3,4)27-23(26-20)17-7-8-19-16(14-17)15-22(25-19)10-9-18-6-5-12-24(18)13-11-22/h7-8,14,18H,5-6,9-13,15H2,1-4H3. The van der Waals surface area contributed by atoms with E-state index >= 15 is 0 Å². The molecule has 1 aromatic rings. The van der Waals surface area contributed by atoms with Crippen LogP contribution in [0.4, 0.5) is 0 Å². The lowest BCUT2D eigenvalue weighted by atomic mass is 9.77. The summed E-state index contributed by atoms with van der Waals surface area (Å²) in [6.45, 7) is 10.9. The molecule has 4 aliphatic rings. The average Bonchev–Trinajstić information content (AvgIpc) is 3.22. The molecule has 0 radical (unpaired) electrons. The van der Waals surface area contributed by atoms with Crippen LogP contribution in [0.5, 0.6) is 5.75 Å². The zero-order valence-electron chi connectivity index (χ0n) is 17.2. The molecule has 0 aliphatic carbocycles. The van der Waals surface area contributed by atoms with Gasteiger partial charge in [0.1, 0.15) is 11.4 Å². The first kappa shape index (κ1) is 18.0. The number of fused-ring (bicyclic) bond motifs is 2. The molecule has 3 fully saturated rings. The van der Waals surface area contributed by atoms with E-state index in [0.29, 0.717) is 0 Å². The minimum atomic E-state index is -0.304. The van der Waals surface area contributed by atoms with Gasteiger partial charge < -0.3 is 18.9 Å². The van der Waals surface area contributed by atoms with Gasteiger partial charge in [0.25, 0.3) is 0 Å². The second-order valence-corrected chi connectivity index (χ2v) is 10.0. The Labute approximate surface area is 163 Å². The summed E-state index contributed by atoms with van der Waals surface area (Å²) in [5, 5.41) is 0. The Hall–Kier alpha value is -1.04. The largest absolute Gasteiger partial charge is 0.494 e. The molecule has 1 aromatic carbocycles. The highest BCUT2D eigenvalue weighted by molar-refractivity contribution is 6.62. The fourth-order valence-corrected chi connectivity index (χ4v) is 5.28. The Balaban J connectivity index is 1.35. The van der Waals surface area contributed by atoms with Gasteiger partial charge in [-0.3, -0.25) is 0 Å². The smallest absolute Gasteiger partial charge is 0.487 e. The van der Waals surface area contributed by atoms with Gasteiger partial charge in [-0.15, -0.1) is 0 Å². The van der Waals surface area contributed by atoms with E-state index in [2.05, 4.69) is 50.8 Å². The first-order chi connectivity index (χ1) is 12.8. The third-order valence-corrected chi connectivity index (χ3v) is 7.74. The summed E-state index contributed by atoms with van der Waals surface area (Å²) >= 11 is 0. The first-order valence-electron chi connectivity index (χ1n) is 10.7. The van der Waals surface area contributed by atoms with Crippen LogP contribution in [0.1, 0.15) is 65.4 Å². The van der Waals surface area contributed by atoms with Crippen molar-refractivity contribution in [2.75, 3.05) is 13.1 Å². The molecule has 27 heavy (non-hydrogen) atoms. The van der Waals surface area contributed by atoms with Gasteiger partial charge in [-0.1, -0.05) is 12.1 Å². The molecule has 3 saturated heterocycles. The Bertz CT molecular complexity index is 717. The van der Waals surface area contributed by atoms with Crippen molar-refractivity contribution in [3.8, 4) is 5.75 Å². The van der Waals surface area contributed by atoms with Gasteiger partial charge in [-0.25, -0.2) is 0 Å². The third-order valence-electron chi connectivity index (χ3n) is 7.74. The quantitative estimate of drug-likeness (QED) is 0.711. The lowest BCUT2D eigenvalue weighted by Crippen LogP contribution is -2.41. The molecule has 4 heterocycles. The van der Waals surface area contributed by atoms with Crippen LogP contribution in [0.3, 0.4) is 0 Å². The maximum Gasteiger partial charge on any atom is 0.494 e. The zero-order valence-corrected chi connectivity index (χ0v) is 17.2. The lowest BCUT2D eigenvalue weighted by Gasteiger charge is -2.32. The van der Waals surface area contributed by atoms with Gasteiger partial charge in [0.15, 0.2) is 0 Å². The molecule has 2 unspecified atom stereocenters. The minimum Gasteiger partial charge on any atom is -0.487 e. The van der Waals surface area contributed by atoms with Crippen LogP contribution in [-0.4, -0.2) is 48.0 Å². The van der Waals surface area contributed by atoms with E-state index in [-0.39, 0.29) is 23.9 Å². The summed E-state index contributed by atoms with van der Waals surface area (Å²) in [4.78, 5) is 2.69. The number of hydrogen-bond acceptors (Lipinski definition) is 4. The van der Waals surface area contributed by atoms with Crippen molar-refractivity contribution in [1.29, 1.82) is 0 Å². The van der Waals surface area contributed by atoms with E-state index in [1.807, 2.05) is 0 Å². The van der Waals surface area contributed by atoms with Crippen LogP contribution in [-0.2, 0) is 15.7 Å². The summed E-state index contributed by atoms with van der Waals surface area (Å²) in [6, 6.07) is 7.31. The van der Waals surface area contributed by atoms with Crippen molar-refractivity contribution in [3.63, 3.8) is 0 Å². The second-order valence-electron chi connectivity index (χ2n) is 10.0. The Morgan fingerprint density at radius 1 is 1.00 bits per heavy atom. The van der Waals surface area contributed by atoms with Crippen LogP contribution in [0.15, 0.2) is 18.2 Å². The molecule has 4 aliphatic heterocycles. The van der Waals surface area contributed by atoms with Crippen LogP contribution < -0.4 is 10.2 Å². The summed E-state index contributed by atoms with van der Waals surface area (Å²) in [7, 11) is -0.295. The van der Waals surface area contributed by atoms with E-state index < -0.39 is 0 Å². The van der Waals surface area contributed by atoms with Gasteiger partial charge in [-0.05, 0) is 77.0 Å². The Kier molecular flexibility index (Phi) is 3.99. The molecule has 5 rings (SSSR count). The first-order valence-corrected chi connectivity index (χ1v) is 10.7. The van der Waals surface area contributed by atoms with Gasteiger partial charge in [0.05, 0.1) is 11.2 Å². The van der Waals surface area contributed by atoms with Crippen molar-refractivity contribution in [2.24, 2.45) is 0 Å². The van der Waals surface area contributed by atoms with Crippen LogP contribution in [0.2, 0.25) is 0 Å². The highest BCUT2D eigenvalue weighted by Crippen LogP contribution is 2.43. The van der Waals surface area contributed by atoms with Crippen molar-refractivity contribution >= 4 is 12.6 Å². The molecule has 1 spiro atoms. The van der Waals surface area contributed by atoms with Gasteiger partial charge in [0.2, 0.25) is 0 Å². The molecular formula is C22H32BNO3. The van der Waals surface area contributed by atoms with E-state index in [4.69, 9.17) is 14.0 Å². The average molecular weight is 369 g/mol. The molecule has 0 N–H and O–H groups in total. The molecule has 5 heteroatoms. The number of hydrogen-bond donors (Lipinski definition) is 0. The highest BCUT2D eigenvalue weighted by Gasteiger charge is 2.52. The predicted molar refractivity (Wildman–Crippen MR) is 108 cm³/mol. The SMILES string of the molecule is CC1(C)OB(c2ccc3c(c2)CC2(CCC4CCCN4CC2)O3)OC1(C)C. The lowest BCUT2D eigenvalue weighted by molar-refractivity contribution is 0.00578. The summed E-state index contributed by atoms with van der Waals surface area (Å²) < 4.78 is 19.1. The number of rotatable bonds is 1. The molecule has 0 aromatic heterocycles. The van der Waals surface area contributed by atoms with Crippen LogP contribution >= 0.6 is 0 Å². The van der Waals surface area contributed by atoms with Crippen molar-refractivity contribution in [1.82, 2.24) is 4.90 Å². The van der Waals surface area contributed by atoms with Gasteiger partial charge in [-0.2, -0.15) is 0 Å². The zero-order chi connectivity index (χ0) is 18.9. The molecule has 0 amide bonds. The van der Waals surface area contributed by atoms with E-state index in [1.165, 1.54) is 44.3 Å². The summed E-state index contributed by atoms with van der Waals surface area (Å²) in [5.74, 6) is 1.07. The van der Waals surface area contributed by atoms with E-state index in [1.54, 1.807) is 0 Å². The molecule has 4 nitrogen and oxygen atoms in total. The maximum atomic E-state index is 6.57. The van der Waals surface area contributed by atoms with Crippen LogP contribution in [0, 0.1) is 0 Å². The monoisotopic (exact) mass is 369 g/mol. The molecule has 2 atom stereocenters. The minimum absolute atomic E-state index is 0.00122. The number of benzene rings is 1.